The van der Waals surface area contributed by atoms with E-state index < -0.39 is 47.8 Å². The van der Waals surface area contributed by atoms with E-state index in [1.165, 1.54) is 0 Å². The number of ketones is 1. The van der Waals surface area contributed by atoms with E-state index in [2.05, 4.69) is 38.0 Å². The predicted octanol–water partition coefficient (Wildman–Crippen LogP) is 4.25. The zero-order chi connectivity index (χ0) is 33.8. The number of hydrogen-bond donors (Lipinski definition) is 4. The molecule has 0 unspecified atom stereocenters. The second kappa shape index (κ2) is 12.3. The highest BCUT2D eigenvalue weighted by Crippen LogP contribution is 2.68. The Morgan fingerprint density at radius 2 is 1.93 bits per heavy atom. The Labute approximate surface area is 273 Å². The zero-order valence-corrected chi connectivity index (χ0v) is 28.4. The van der Waals surface area contributed by atoms with Crippen molar-refractivity contribution in [2.75, 3.05) is 11.9 Å². The Bertz CT molecular complexity index is 1400. The Morgan fingerprint density at radius 1 is 1.22 bits per heavy atom. The van der Waals surface area contributed by atoms with Gasteiger partial charge in [0.1, 0.15) is 24.0 Å². The van der Waals surface area contributed by atoms with Gasteiger partial charge < -0.3 is 34.9 Å². The molecule has 1 aromatic rings. The van der Waals surface area contributed by atoms with E-state index in [0.29, 0.717) is 24.0 Å². The first-order valence-corrected chi connectivity index (χ1v) is 16.6. The molecule has 3 fully saturated rings. The lowest BCUT2D eigenvalue weighted by Gasteiger charge is -2.61. The maximum absolute atomic E-state index is 13.7. The molecule has 0 radical (unpaired) electrons. The van der Waals surface area contributed by atoms with E-state index >= 15 is 0 Å². The van der Waals surface area contributed by atoms with Crippen molar-refractivity contribution in [3.05, 3.63) is 35.9 Å². The fourth-order valence-corrected chi connectivity index (χ4v) is 9.02. The van der Waals surface area contributed by atoms with Gasteiger partial charge in [0.25, 0.3) is 0 Å². The number of benzene rings is 1. The van der Waals surface area contributed by atoms with Gasteiger partial charge in [-0.3, -0.25) is 9.59 Å². The van der Waals surface area contributed by atoms with Gasteiger partial charge in [0, 0.05) is 35.4 Å². The van der Waals surface area contributed by atoms with Gasteiger partial charge in [0.05, 0.1) is 12.7 Å². The number of aliphatic hydroxyl groups is 1. The molecule has 8 atom stereocenters. The highest BCUT2D eigenvalue weighted by atomic mass is 16.6. The van der Waals surface area contributed by atoms with Crippen molar-refractivity contribution in [1.29, 1.82) is 0 Å². The monoisotopic (exact) mass is 638 g/mol. The fourth-order valence-electron chi connectivity index (χ4n) is 9.02. The van der Waals surface area contributed by atoms with Crippen LogP contribution in [-0.4, -0.2) is 59.4 Å². The number of aliphatic hydroxyl groups excluding tert-OH is 1. The standard InChI is InChI=1S/C35H51BN2O8/c1-9-33(7)16-27(34(8)20(2)10-12-35(21(3)30(33)41)13-11-26(39)29(34)35)45-28(40)18-37-23-14-22(17-38-31(42)46-32(4,5)6)24-19-44-36(43)25(24)15-23/h9,14-15,20-21,27,29-30,37,41,43H,1,10-13,16-19H2,2-8H3,(H,38,42)/t20-,21-,27+,29-,30-,33+,34-,35-/m0/s1. The van der Waals surface area contributed by atoms with Gasteiger partial charge in [-0.25, -0.2) is 4.79 Å². The van der Waals surface area contributed by atoms with Crippen molar-refractivity contribution in [2.45, 2.75) is 112 Å². The minimum Gasteiger partial charge on any atom is -0.460 e. The normalized spacial score (nSPS) is 35.4. The van der Waals surface area contributed by atoms with Crippen LogP contribution in [0.15, 0.2) is 24.8 Å². The average Bonchev–Trinajstić information content (AvgIpc) is 3.54. The number of amides is 1. The summed E-state index contributed by atoms with van der Waals surface area (Å²) in [5, 5.41) is 28.1. The summed E-state index contributed by atoms with van der Waals surface area (Å²) < 4.78 is 17.1. The number of carbonyl (C=O) groups excluding carboxylic acids is 3. The van der Waals surface area contributed by atoms with E-state index in [9.17, 15) is 24.5 Å². The van der Waals surface area contributed by atoms with Crippen molar-refractivity contribution in [2.24, 2.45) is 34.0 Å². The van der Waals surface area contributed by atoms with Crippen LogP contribution in [0.4, 0.5) is 10.5 Å². The van der Waals surface area contributed by atoms with Crippen LogP contribution in [0.2, 0.25) is 0 Å². The Morgan fingerprint density at radius 3 is 2.61 bits per heavy atom. The largest absolute Gasteiger partial charge is 0.491 e. The van der Waals surface area contributed by atoms with Crippen molar-refractivity contribution in [3.63, 3.8) is 0 Å². The summed E-state index contributed by atoms with van der Waals surface area (Å²) in [7, 11) is -1.12. The topological polar surface area (TPSA) is 143 Å². The average molecular weight is 639 g/mol. The maximum atomic E-state index is 13.7. The molecule has 252 valence electrons. The van der Waals surface area contributed by atoms with Crippen LogP contribution in [0.1, 0.15) is 91.7 Å². The third-order valence-electron chi connectivity index (χ3n) is 11.9. The van der Waals surface area contributed by atoms with E-state index in [4.69, 9.17) is 14.1 Å². The lowest BCUT2D eigenvalue weighted by Crippen LogP contribution is -2.63. The van der Waals surface area contributed by atoms with Crippen LogP contribution in [0.5, 0.6) is 0 Å². The number of fused-ring (bicyclic) bond motifs is 1. The maximum Gasteiger partial charge on any atom is 0.491 e. The van der Waals surface area contributed by atoms with Gasteiger partial charge in [0.2, 0.25) is 0 Å². The molecule has 2 bridgehead atoms. The molecule has 0 spiro atoms. The summed E-state index contributed by atoms with van der Waals surface area (Å²) in [4.78, 5) is 39.6. The summed E-state index contributed by atoms with van der Waals surface area (Å²) in [5.41, 5.74) is 0.297. The molecule has 3 saturated carbocycles. The van der Waals surface area contributed by atoms with E-state index in [1.807, 2.05) is 13.0 Å². The van der Waals surface area contributed by atoms with Crippen LogP contribution in [0.25, 0.3) is 0 Å². The molecule has 10 nitrogen and oxygen atoms in total. The van der Waals surface area contributed by atoms with Gasteiger partial charge >= 0.3 is 19.2 Å². The van der Waals surface area contributed by atoms with Crippen LogP contribution >= 0.6 is 0 Å². The van der Waals surface area contributed by atoms with Gasteiger partial charge in [-0.2, -0.15) is 0 Å². The molecule has 1 amide bonds. The van der Waals surface area contributed by atoms with Crippen LogP contribution < -0.4 is 16.1 Å². The van der Waals surface area contributed by atoms with E-state index in [-0.39, 0.29) is 48.6 Å². The molecule has 1 aliphatic heterocycles. The highest BCUT2D eigenvalue weighted by molar-refractivity contribution is 6.61. The molecule has 3 aliphatic carbocycles. The molecule has 0 aromatic heterocycles. The number of ether oxygens (including phenoxy) is 2. The molecule has 1 heterocycles. The second-order valence-electron chi connectivity index (χ2n) is 15.6. The Hall–Kier alpha value is -2.89. The number of rotatable bonds is 7. The first-order chi connectivity index (χ1) is 21.4. The Kier molecular flexibility index (Phi) is 9.20. The quantitative estimate of drug-likeness (QED) is 0.196. The molecule has 11 heteroatoms. The molecule has 4 N–H and O–H groups in total. The predicted molar refractivity (Wildman–Crippen MR) is 175 cm³/mol. The molecule has 1 aromatic carbocycles. The van der Waals surface area contributed by atoms with Gasteiger partial charge in [0.15, 0.2) is 0 Å². The van der Waals surface area contributed by atoms with Crippen LogP contribution in [0.3, 0.4) is 0 Å². The highest BCUT2D eigenvalue weighted by Gasteiger charge is 2.68. The summed E-state index contributed by atoms with van der Waals surface area (Å²) in [6.45, 7) is 17.9. The Balaban J connectivity index is 1.37. The number of carbonyl (C=O) groups is 3. The first-order valence-electron chi connectivity index (χ1n) is 16.6. The van der Waals surface area contributed by atoms with E-state index in [0.717, 1.165) is 30.4 Å². The lowest BCUT2D eigenvalue weighted by atomic mass is 9.44. The SMILES string of the molecule is C=C[C@]1(C)C[C@@H](OC(=O)CNc2cc(CNC(=O)OC(C)(C)C)c3c(c2)B(O)OC3)[C@@]2(C)[C@@H]3C(=O)CC[C@@]3(CC[C@@H]2C)[C@@H](C)[C@@H]1O. The number of nitrogens with one attached hydrogen (secondary N) is 2. The van der Waals surface area contributed by atoms with Gasteiger partial charge in [-0.05, 0) is 92.4 Å². The van der Waals surface area contributed by atoms with Crippen molar-refractivity contribution >= 4 is 36.1 Å². The summed E-state index contributed by atoms with van der Waals surface area (Å²) in [6.07, 6.45) is 3.22. The molecule has 4 aliphatic rings. The van der Waals surface area contributed by atoms with Crippen LogP contribution in [0, 0.1) is 34.0 Å². The van der Waals surface area contributed by atoms with Crippen molar-refractivity contribution in [3.8, 4) is 0 Å². The number of hydrogen-bond acceptors (Lipinski definition) is 9. The van der Waals surface area contributed by atoms with Gasteiger partial charge in [-0.15, -0.1) is 6.58 Å². The summed E-state index contributed by atoms with van der Waals surface area (Å²) in [6, 6.07) is 3.54. The minimum atomic E-state index is -1.12. The van der Waals surface area contributed by atoms with Crippen molar-refractivity contribution in [1.82, 2.24) is 5.32 Å². The number of anilines is 1. The van der Waals surface area contributed by atoms with Gasteiger partial charge in [-0.1, -0.05) is 33.8 Å². The zero-order valence-electron chi connectivity index (χ0n) is 28.4. The number of alkyl carbamates (subject to hydrolysis) is 1. The number of Topliss-reactive ketones (excluding diaryl/α,β-unsaturated/α-hetero) is 1. The summed E-state index contributed by atoms with van der Waals surface area (Å²) in [5.74, 6) is -0.545. The fraction of sp³-hybridized carbons (Fsp3) is 0.686. The number of esters is 1. The van der Waals surface area contributed by atoms with Crippen molar-refractivity contribution < 1.29 is 38.6 Å². The third-order valence-corrected chi connectivity index (χ3v) is 11.9. The second-order valence-corrected chi connectivity index (χ2v) is 15.6. The van der Waals surface area contributed by atoms with E-state index in [1.54, 1.807) is 32.9 Å². The molecule has 0 saturated heterocycles. The molecule has 5 rings (SSSR count). The third kappa shape index (κ3) is 5.99. The molecular formula is C35H51BN2O8. The first kappa shape index (κ1) is 34.4. The molecule has 46 heavy (non-hydrogen) atoms. The smallest absolute Gasteiger partial charge is 0.460 e. The lowest BCUT2D eigenvalue weighted by molar-refractivity contribution is -0.205. The minimum absolute atomic E-state index is 0.102. The molecular weight excluding hydrogens is 587 g/mol. The summed E-state index contributed by atoms with van der Waals surface area (Å²) >= 11 is 0. The van der Waals surface area contributed by atoms with Crippen LogP contribution in [-0.2, 0) is 36.9 Å².